The summed E-state index contributed by atoms with van der Waals surface area (Å²) in [4.78, 5) is 53.1. The van der Waals surface area contributed by atoms with E-state index >= 15 is 0 Å². The number of hydrogen-bond acceptors (Lipinski definition) is 6. The number of aliphatic carboxylic acids is 1. The van der Waals surface area contributed by atoms with E-state index < -0.39 is 53.5 Å². The van der Waals surface area contributed by atoms with Gasteiger partial charge in [-0.1, -0.05) is 54.6 Å². The van der Waals surface area contributed by atoms with Crippen LogP contribution in [0.15, 0.2) is 66.7 Å². The topological polar surface area (TPSA) is 150 Å². The summed E-state index contributed by atoms with van der Waals surface area (Å²) in [5.41, 5.74) is 3.86. The molecule has 2 saturated heterocycles. The Labute approximate surface area is 193 Å². The number of carbonyl (C=O) groups is 4. The summed E-state index contributed by atoms with van der Waals surface area (Å²) in [5, 5.41) is 25.0. The summed E-state index contributed by atoms with van der Waals surface area (Å²) < 4.78 is 0. The van der Waals surface area contributed by atoms with Gasteiger partial charge in [0.25, 0.3) is 0 Å². The SMILES string of the molecule is NC(=O)C[C@@]1(C(=O)O)N[C@H](c2ccccc2O)[C@H]2C(=O)N(c3cccc4ccccc34)C(=O)[C@H]21. The van der Waals surface area contributed by atoms with Crippen LogP contribution in [0, 0.1) is 11.8 Å². The van der Waals surface area contributed by atoms with E-state index in [9.17, 15) is 29.4 Å². The summed E-state index contributed by atoms with van der Waals surface area (Å²) in [6.07, 6.45) is -0.698. The number of phenolic OH excluding ortho intramolecular Hbond substituents is 1. The molecule has 2 aliphatic heterocycles. The van der Waals surface area contributed by atoms with Crippen LogP contribution in [-0.2, 0) is 19.2 Å². The fraction of sp³-hybridized carbons (Fsp3) is 0.200. The maximum absolute atomic E-state index is 13.8. The summed E-state index contributed by atoms with van der Waals surface area (Å²) in [6.45, 7) is 0. The Bertz CT molecular complexity index is 1370. The molecular formula is C25H21N3O6. The molecule has 9 heteroatoms. The molecule has 0 unspecified atom stereocenters. The lowest BCUT2D eigenvalue weighted by Gasteiger charge is -2.30. The fourth-order valence-electron chi connectivity index (χ4n) is 5.37. The van der Waals surface area contributed by atoms with Gasteiger partial charge in [0.1, 0.15) is 11.3 Å². The predicted octanol–water partition coefficient (Wildman–Crippen LogP) is 1.69. The first kappa shape index (κ1) is 21.6. The molecule has 3 aromatic rings. The van der Waals surface area contributed by atoms with Gasteiger partial charge in [0, 0.05) is 17.0 Å². The molecule has 0 radical (unpaired) electrons. The maximum Gasteiger partial charge on any atom is 0.325 e. The number of carboxylic acid groups (broad SMARTS) is 1. The van der Waals surface area contributed by atoms with Crippen molar-refractivity contribution >= 4 is 40.2 Å². The second kappa shape index (κ2) is 7.67. The van der Waals surface area contributed by atoms with Crippen molar-refractivity contribution in [3.63, 3.8) is 0 Å². The quantitative estimate of drug-likeness (QED) is 0.424. The van der Waals surface area contributed by atoms with E-state index in [-0.39, 0.29) is 11.3 Å². The van der Waals surface area contributed by atoms with E-state index in [4.69, 9.17) is 5.73 Å². The number of carboxylic acids is 1. The molecule has 172 valence electrons. The monoisotopic (exact) mass is 459 g/mol. The number of aromatic hydroxyl groups is 1. The average molecular weight is 459 g/mol. The minimum absolute atomic E-state index is 0.164. The predicted molar refractivity (Wildman–Crippen MR) is 122 cm³/mol. The lowest BCUT2D eigenvalue weighted by Crippen LogP contribution is -2.57. The molecule has 0 saturated carbocycles. The van der Waals surface area contributed by atoms with Gasteiger partial charge in [-0.3, -0.25) is 24.5 Å². The highest BCUT2D eigenvalue weighted by Gasteiger charge is 2.69. The zero-order valence-corrected chi connectivity index (χ0v) is 17.8. The van der Waals surface area contributed by atoms with Crippen LogP contribution in [0.4, 0.5) is 5.69 Å². The van der Waals surface area contributed by atoms with E-state index in [1.165, 1.54) is 6.07 Å². The van der Waals surface area contributed by atoms with Gasteiger partial charge >= 0.3 is 5.97 Å². The summed E-state index contributed by atoms with van der Waals surface area (Å²) in [7, 11) is 0. The van der Waals surface area contributed by atoms with Crippen LogP contribution >= 0.6 is 0 Å². The Kier molecular flexibility index (Phi) is 4.87. The molecule has 3 aromatic carbocycles. The number of imide groups is 1. The normalized spacial score (nSPS) is 26.1. The van der Waals surface area contributed by atoms with Crippen LogP contribution in [0.2, 0.25) is 0 Å². The molecule has 3 amide bonds. The molecule has 2 aliphatic rings. The smallest absolute Gasteiger partial charge is 0.325 e. The van der Waals surface area contributed by atoms with Crippen molar-refractivity contribution in [1.82, 2.24) is 5.32 Å². The summed E-state index contributed by atoms with van der Waals surface area (Å²) >= 11 is 0. The Hall–Kier alpha value is -4.24. The number of rotatable bonds is 5. The highest BCUT2D eigenvalue weighted by atomic mass is 16.4. The molecule has 0 bridgehead atoms. The van der Waals surface area contributed by atoms with Gasteiger partial charge in [0.2, 0.25) is 17.7 Å². The second-order valence-electron chi connectivity index (χ2n) is 8.61. The first-order chi connectivity index (χ1) is 16.3. The Morgan fingerprint density at radius 2 is 1.65 bits per heavy atom. The average Bonchev–Trinajstić information content (AvgIpc) is 3.27. The molecule has 0 spiro atoms. The first-order valence-electron chi connectivity index (χ1n) is 10.7. The number of phenols is 1. The Morgan fingerprint density at radius 3 is 2.35 bits per heavy atom. The van der Waals surface area contributed by atoms with Gasteiger partial charge in [-0.25, -0.2) is 4.90 Å². The molecule has 34 heavy (non-hydrogen) atoms. The van der Waals surface area contributed by atoms with Crippen molar-refractivity contribution in [1.29, 1.82) is 0 Å². The van der Waals surface area contributed by atoms with Gasteiger partial charge in [-0.2, -0.15) is 0 Å². The van der Waals surface area contributed by atoms with Crippen molar-refractivity contribution in [3.8, 4) is 5.75 Å². The van der Waals surface area contributed by atoms with Crippen molar-refractivity contribution < 1.29 is 29.4 Å². The highest BCUT2D eigenvalue weighted by Crippen LogP contribution is 2.52. The van der Waals surface area contributed by atoms with E-state index in [1.807, 2.05) is 18.2 Å². The lowest BCUT2D eigenvalue weighted by atomic mass is 9.77. The zero-order chi connectivity index (χ0) is 24.2. The van der Waals surface area contributed by atoms with Crippen molar-refractivity contribution in [2.45, 2.75) is 18.0 Å². The van der Waals surface area contributed by atoms with Gasteiger partial charge < -0.3 is 15.9 Å². The number of fused-ring (bicyclic) bond motifs is 2. The van der Waals surface area contributed by atoms with E-state index in [0.717, 1.165) is 10.3 Å². The van der Waals surface area contributed by atoms with Gasteiger partial charge in [-0.15, -0.1) is 0 Å². The Balaban J connectivity index is 1.72. The number of primary amides is 1. The summed E-state index contributed by atoms with van der Waals surface area (Å²) in [5.74, 6) is -6.50. The van der Waals surface area contributed by atoms with Crippen LogP contribution < -0.4 is 16.0 Å². The number of anilines is 1. The number of benzene rings is 3. The van der Waals surface area contributed by atoms with Crippen LogP contribution in [-0.4, -0.2) is 39.4 Å². The number of para-hydroxylation sites is 1. The minimum Gasteiger partial charge on any atom is -0.508 e. The molecule has 5 N–H and O–H groups in total. The number of nitrogens with one attached hydrogen (secondary N) is 1. The van der Waals surface area contributed by atoms with E-state index in [1.54, 1.807) is 42.5 Å². The molecule has 2 heterocycles. The molecule has 2 fully saturated rings. The Morgan fingerprint density at radius 1 is 0.971 bits per heavy atom. The summed E-state index contributed by atoms with van der Waals surface area (Å²) in [6, 6.07) is 17.5. The minimum atomic E-state index is -2.12. The maximum atomic E-state index is 13.8. The first-order valence-corrected chi connectivity index (χ1v) is 10.7. The van der Waals surface area contributed by atoms with E-state index in [0.29, 0.717) is 11.1 Å². The lowest BCUT2D eigenvalue weighted by molar-refractivity contribution is -0.150. The molecule has 0 aliphatic carbocycles. The molecular weight excluding hydrogens is 438 g/mol. The van der Waals surface area contributed by atoms with Crippen LogP contribution in [0.3, 0.4) is 0 Å². The van der Waals surface area contributed by atoms with Gasteiger partial charge in [-0.05, 0) is 17.5 Å². The molecule has 4 atom stereocenters. The molecule has 9 nitrogen and oxygen atoms in total. The molecule has 5 rings (SSSR count). The van der Waals surface area contributed by atoms with Crippen LogP contribution in [0.5, 0.6) is 5.75 Å². The number of nitrogens with zero attached hydrogens (tertiary/aromatic N) is 1. The fourth-order valence-corrected chi connectivity index (χ4v) is 5.37. The second-order valence-corrected chi connectivity index (χ2v) is 8.61. The number of hydrogen-bond donors (Lipinski definition) is 4. The largest absolute Gasteiger partial charge is 0.508 e. The third kappa shape index (κ3) is 2.97. The van der Waals surface area contributed by atoms with E-state index in [2.05, 4.69) is 5.32 Å². The van der Waals surface area contributed by atoms with Crippen molar-refractivity contribution in [2.24, 2.45) is 17.6 Å². The number of nitrogens with two attached hydrogens (primary N) is 1. The third-order valence-corrected chi connectivity index (χ3v) is 6.77. The molecule has 0 aromatic heterocycles. The van der Waals surface area contributed by atoms with Gasteiger partial charge in [0.05, 0.1) is 23.9 Å². The van der Waals surface area contributed by atoms with Crippen molar-refractivity contribution in [2.75, 3.05) is 4.90 Å². The number of amides is 3. The van der Waals surface area contributed by atoms with Crippen molar-refractivity contribution in [3.05, 3.63) is 72.3 Å². The number of carbonyl (C=O) groups excluding carboxylic acids is 3. The van der Waals surface area contributed by atoms with Crippen LogP contribution in [0.1, 0.15) is 18.0 Å². The van der Waals surface area contributed by atoms with Gasteiger partial charge in [0.15, 0.2) is 0 Å². The van der Waals surface area contributed by atoms with Crippen LogP contribution in [0.25, 0.3) is 10.8 Å². The third-order valence-electron chi connectivity index (χ3n) is 6.77. The zero-order valence-electron chi connectivity index (χ0n) is 17.8. The standard InChI is InChI=1S/C25H21N3O6/c26-18(30)12-25(24(33)34)20-19(21(27-25)15-9-3-4-11-17(15)29)22(31)28(23(20)32)16-10-5-7-13-6-1-2-8-14(13)16/h1-11,19-21,27,29H,12H2,(H2,26,30)(H,33,34)/t19-,20-,21+,25+/m0/s1. The highest BCUT2D eigenvalue weighted by molar-refractivity contribution is 6.27.